The van der Waals surface area contributed by atoms with Crippen LogP contribution in [0.25, 0.3) is 0 Å². The van der Waals surface area contributed by atoms with Gasteiger partial charge in [-0.05, 0) is 22.0 Å². The number of nitrogens with two attached hydrogens (primary N) is 1. The van der Waals surface area contributed by atoms with Gasteiger partial charge in [-0.15, -0.1) is 16.4 Å². The Morgan fingerprint density at radius 2 is 2.47 bits per heavy atom. The van der Waals surface area contributed by atoms with Crippen molar-refractivity contribution in [2.24, 2.45) is 12.8 Å². The molecule has 0 aromatic carbocycles. The molecule has 2 rings (SSSR count). The number of hydrogen-bond acceptors (Lipinski definition) is 4. The number of aryl methyl sites for hydroxylation is 1. The largest absolute Gasteiger partial charge is 0.323 e. The van der Waals surface area contributed by atoms with Crippen LogP contribution in [0.4, 0.5) is 0 Å². The van der Waals surface area contributed by atoms with Crippen LogP contribution in [0, 0.1) is 0 Å². The highest BCUT2D eigenvalue weighted by molar-refractivity contribution is 9.10. The Balaban J connectivity index is 2.06. The zero-order chi connectivity index (χ0) is 10.8. The predicted molar refractivity (Wildman–Crippen MR) is 63.7 cm³/mol. The molecule has 0 aliphatic heterocycles. The summed E-state index contributed by atoms with van der Waals surface area (Å²) in [6.45, 7) is 0. The van der Waals surface area contributed by atoms with E-state index in [2.05, 4.69) is 26.2 Å². The summed E-state index contributed by atoms with van der Waals surface area (Å²) in [6.07, 6.45) is 2.61. The van der Waals surface area contributed by atoms with Crippen LogP contribution in [-0.4, -0.2) is 15.0 Å². The predicted octanol–water partition coefficient (Wildman–Crippen LogP) is 1.88. The van der Waals surface area contributed by atoms with Gasteiger partial charge in [-0.2, -0.15) is 0 Å². The Hall–Kier alpha value is -0.720. The minimum Gasteiger partial charge on any atom is -0.323 e. The minimum absolute atomic E-state index is 0.00185. The van der Waals surface area contributed by atoms with Gasteiger partial charge in [-0.1, -0.05) is 5.21 Å². The van der Waals surface area contributed by atoms with E-state index in [-0.39, 0.29) is 6.04 Å². The third-order valence-electron chi connectivity index (χ3n) is 2.03. The molecule has 2 heterocycles. The van der Waals surface area contributed by atoms with Crippen molar-refractivity contribution in [1.29, 1.82) is 0 Å². The van der Waals surface area contributed by atoms with E-state index in [1.807, 2.05) is 24.7 Å². The van der Waals surface area contributed by atoms with Crippen molar-refractivity contribution in [2.45, 2.75) is 12.5 Å². The normalized spacial score (nSPS) is 13.0. The molecule has 0 amide bonds. The van der Waals surface area contributed by atoms with Gasteiger partial charge in [-0.25, -0.2) is 0 Å². The van der Waals surface area contributed by atoms with Crippen LogP contribution in [0.2, 0.25) is 0 Å². The lowest BCUT2D eigenvalue weighted by molar-refractivity contribution is 0.700. The van der Waals surface area contributed by atoms with Crippen molar-refractivity contribution in [2.75, 3.05) is 0 Å². The monoisotopic (exact) mass is 286 g/mol. The molecular formula is C9H11BrN4S. The van der Waals surface area contributed by atoms with E-state index in [9.17, 15) is 0 Å². The standard InChI is InChI=1S/C9H11BrN4S/c1-14-4-7(12-13-14)3-8(11)9-2-6(10)5-15-9/h2,4-5,8H,3,11H2,1H3. The third kappa shape index (κ3) is 2.64. The second-order valence-electron chi connectivity index (χ2n) is 3.36. The molecule has 80 valence electrons. The van der Waals surface area contributed by atoms with Gasteiger partial charge in [0.15, 0.2) is 0 Å². The molecule has 0 radical (unpaired) electrons. The lowest BCUT2D eigenvalue weighted by Gasteiger charge is -2.05. The van der Waals surface area contributed by atoms with E-state index >= 15 is 0 Å². The second-order valence-corrected chi connectivity index (χ2v) is 5.22. The van der Waals surface area contributed by atoms with Crippen molar-refractivity contribution < 1.29 is 0 Å². The molecule has 0 fully saturated rings. The Morgan fingerprint density at radius 1 is 1.67 bits per heavy atom. The first kappa shape index (κ1) is 10.8. The number of aromatic nitrogens is 3. The fourth-order valence-corrected chi connectivity index (χ4v) is 2.79. The first-order valence-corrected chi connectivity index (χ1v) is 6.17. The molecule has 1 atom stereocenters. The van der Waals surface area contributed by atoms with Crippen LogP contribution < -0.4 is 5.73 Å². The molecule has 2 N–H and O–H groups in total. The first-order valence-electron chi connectivity index (χ1n) is 4.50. The van der Waals surface area contributed by atoms with Gasteiger partial charge in [-0.3, -0.25) is 4.68 Å². The molecule has 4 nitrogen and oxygen atoms in total. The molecule has 0 bridgehead atoms. The summed E-state index contributed by atoms with van der Waals surface area (Å²) in [5.41, 5.74) is 6.99. The molecular weight excluding hydrogens is 276 g/mol. The van der Waals surface area contributed by atoms with Gasteiger partial charge in [0.1, 0.15) is 0 Å². The van der Waals surface area contributed by atoms with E-state index < -0.39 is 0 Å². The van der Waals surface area contributed by atoms with Gasteiger partial charge in [0.05, 0.1) is 5.69 Å². The molecule has 2 aromatic rings. The summed E-state index contributed by atoms with van der Waals surface area (Å²) in [4.78, 5) is 1.16. The van der Waals surface area contributed by atoms with Crippen LogP contribution in [0.3, 0.4) is 0 Å². The highest BCUT2D eigenvalue weighted by Gasteiger charge is 2.11. The minimum atomic E-state index is -0.00185. The van der Waals surface area contributed by atoms with Crippen molar-refractivity contribution in [3.63, 3.8) is 0 Å². The zero-order valence-electron chi connectivity index (χ0n) is 8.22. The van der Waals surface area contributed by atoms with Crippen LogP contribution in [-0.2, 0) is 13.5 Å². The molecule has 15 heavy (non-hydrogen) atoms. The third-order valence-corrected chi connectivity index (χ3v) is 3.86. The van der Waals surface area contributed by atoms with Crippen molar-refractivity contribution >= 4 is 27.3 Å². The summed E-state index contributed by atoms with van der Waals surface area (Å²) in [5, 5.41) is 9.92. The Bertz CT molecular complexity index is 450. The van der Waals surface area contributed by atoms with Crippen molar-refractivity contribution in [3.05, 3.63) is 32.7 Å². The molecule has 0 saturated heterocycles. The molecule has 0 spiro atoms. The maximum absolute atomic E-state index is 6.06. The molecule has 0 aliphatic rings. The summed E-state index contributed by atoms with van der Waals surface area (Å²) in [7, 11) is 1.85. The number of halogens is 1. The quantitative estimate of drug-likeness (QED) is 0.937. The highest BCUT2D eigenvalue weighted by atomic mass is 79.9. The summed E-state index contributed by atoms with van der Waals surface area (Å²) >= 11 is 5.07. The first-order chi connectivity index (χ1) is 7.15. The smallest absolute Gasteiger partial charge is 0.0846 e. The summed E-state index contributed by atoms with van der Waals surface area (Å²) in [6, 6.07) is 2.05. The Kier molecular flexibility index (Phi) is 3.18. The Morgan fingerprint density at radius 3 is 3.00 bits per heavy atom. The lowest BCUT2D eigenvalue weighted by atomic mass is 10.1. The maximum Gasteiger partial charge on any atom is 0.0846 e. The lowest BCUT2D eigenvalue weighted by Crippen LogP contribution is -2.11. The van der Waals surface area contributed by atoms with Gasteiger partial charge in [0.2, 0.25) is 0 Å². The van der Waals surface area contributed by atoms with Crippen LogP contribution in [0.5, 0.6) is 0 Å². The molecule has 6 heteroatoms. The van der Waals surface area contributed by atoms with Gasteiger partial charge in [0.25, 0.3) is 0 Å². The topological polar surface area (TPSA) is 56.7 Å². The van der Waals surface area contributed by atoms with Gasteiger partial charge >= 0.3 is 0 Å². The molecule has 2 aromatic heterocycles. The average molecular weight is 287 g/mol. The van der Waals surface area contributed by atoms with E-state index in [1.165, 1.54) is 0 Å². The average Bonchev–Trinajstić information content (AvgIpc) is 2.75. The molecule has 0 saturated carbocycles. The number of rotatable bonds is 3. The highest BCUT2D eigenvalue weighted by Crippen LogP contribution is 2.25. The van der Waals surface area contributed by atoms with E-state index in [4.69, 9.17) is 5.73 Å². The molecule has 0 aliphatic carbocycles. The zero-order valence-corrected chi connectivity index (χ0v) is 10.6. The SMILES string of the molecule is Cn1cc(CC(N)c2cc(Br)cs2)nn1. The van der Waals surface area contributed by atoms with E-state index in [1.54, 1.807) is 16.0 Å². The van der Waals surface area contributed by atoms with Crippen LogP contribution >= 0.6 is 27.3 Å². The van der Waals surface area contributed by atoms with Crippen molar-refractivity contribution in [1.82, 2.24) is 15.0 Å². The second kappa shape index (κ2) is 4.42. The maximum atomic E-state index is 6.06. The van der Waals surface area contributed by atoms with Gasteiger partial charge < -0.3 is 5.73 Å². The molecule has 1 unspecified atom stereocenters. The van der Waals surface area contributed by atoms with Gasteiger partial charge in [0, 0.05) is 40.4 Å². The summed E-state index contributed by atoms with van der Waals surface area (Å²) in [5.74, 6) is 0. The van der Waals surface area contributed by atoms with Crippen LogP contribution in [0.1, 0.15) is 16.6 Å². The number of thiophene rings is 1. The van der Waals surface area contributed by atoms with E-state index in [0.29, 0.717) is 0 Å². The number of nitrogens with zero attached hydrogens (tertiary/aromatic N) is 3. The Labute approximate surface area is 100 Å². The van der Waals surface area contributed by atoms with Crippen molar-refractivity contribution in [3.8, 4) is 0 Å². The fraction of sp³-hybridized carbons (Fsp3) is 0.333. The summed E-state index contributed by atoms with van der Waals surface area (Å²) < 4.78 is 2.77. The van der Waals surface area contributed by atoms with Crippen LogP contribution in [0.15, 0.2) is 22.1 Å². The van der Waals surface area contributed by atoms with E-state index in [0.717, 1.165) is 21.5 Å². The fourth-order valence-electron chi connectivity index (χ4n) is 1.34. The number of hydrogen-bond donors (Lipinski definition) is 1.